The predicted molar refractivity (Wildman–Crippen MR) is 95.2 cm³/mol. The van der Waals surface area contributed by atoms with Crippen LogP contribution in [0.1, 0.15) is 17.3 Å². The highest BCUT2D eigenvalue weighted by Gasteiger charge is 2.17. The van der Waals surface area contributed by atoms with Gasteiger partial charge in [-0.25, -0.2) is 9.59 Å². The van der Waals surface area contributed by atoms with Gasteiger partial charge in [0.25, 0.3) is 0 Å². The van der Waals surface area contributed by atoms with E-state index < -0.39 is 17.7 Å². The Morgan fingerprint density at radius 2 is 1.81 bits per heavy atom. The van der Waals surface area contributed by atoms with Crippen molar-refractivity contribution >= 4 is 35.0 Å². The summed E-state index contributed by atoms with van der Waals surface area (Å²) < 4.78 is 10.3. The molecular formula is C18H16ClNO6. The molecule has 0 bridgehead atoms. The molecule has 0 amide bonds. The third-order valence-electron chi connectivity index (χ3n) is 3.21. The second-order valence-electron chi connectivity index (χ2n) is 5.19. The summed E-state index contributed by atoms with van der Waals surface area (Å²) >= 11 is 5.79. The van der Waals surface area contributed by atoms with Crippen LogP contribution in [0.3, 0.4) is 0 Å². The average molecular weight is 378 g/mol. The van der Waals surface area contributed by atoms with E-state index in [-0.39, 0.29) is 11.3 Å². The van der Waals surface area contributed by atoms with Crippen molar-refractivity contribution < 1.29 is 29.0 Å². The van der Waals surface area contributed by atoms with Gasteiger partial charge in [0.15, 0.2) is 0 Å². The molecule has 8 heteroatoms. The van der Waals surface area contributed by atoms with E-state index in [1.807, 2.05) is 0 Å². The van der Waals surface area contributed by atoms with Crippen LogP contribution >= 0.6 is 11.6 Å². The Morgan fingerprint density at radius 1 is 1.12 bits per heavy atom. The number of nitrogens with one attached hydrogen (secondary N) is 1. The van der Waals surface area contributed by atoms with E-state index in [1.165, 1.54) is 18.2 Å². The van der Waals surface area contributed by atoms with Crippen molar-refractivity contribution in [3.05, 3.63) is 53.1 Å². The van der Waals surface area contributed by atoms with Crippen LogP contribution in [-0.2, 0) is 9.59 Å². The smallest absolute Gasteiger partial charge is 0.379 e. The van der Waals surface area contributed by atoms with Crippen LogP contribution in [0.4, 0.5) is 5.69 Å². The summed E-state index contributed by atoms with van der Waals surface area (Å²) in [5.41, 5.74) is 0.271. The zero-order chi connectivity index (χ0) is 19.1. The molecule has 2 aromatic rings. The molecule has 0 unspecified atom stereocenters. The molecule has 0 aromatic heterocycles. The van der Waals surface area contributed by atoms with Crippen LogP contribution in [0.5, 0.6) is 11.5 Å². The lowest BCUT2D eigenvalue weighted by atomic mass is 10.1. The van der Waals surface area contributed by atoms with E-state index in [0.717, 1.165) is 6.92 Å². The Hall–Kier alpha value is -3.06. The number of Topliss-reactive ketones (excluding diaryl/α,β-unsaturated/α-hetero) is 1. The molecule has 0 aliphatic heterocycles. The normalized spacial score (nSPS) is 10.1. The number of hydrogen-bond acceptors (Lipinski definition) is 6. The van der Waals surface area contributed by atoms with Gasteiger partial charge >= 0.3 is 11.9 Å². The number of benzene rings is 2. The largest absolute Gasteiger partial charge is 0.492 e. The Kier molecular flexibility index (Phi) is 6.57. The average Bonchev–Trinajstić information content (AvgIpc) is 2.61. The molecule has 0 spiro atoms. The van der Waals surface area contributed by atoms with E-state index in [2.05, 4.69) is 5.32 Å². The van der Waals surface area contributed by atoms with Gasteiger partial charge < -0.3 is 19.9 Å². The lowest BCUT2D eigenvalue weighted by Gasteiger charge is -2.11. The fraction of sp³-hybridized carbons (Fsp3) is 0.167. The van der Waals surface area contributed by atoms with E-state index in [9.17, 15) is 19.5 Å². The van der Waals surface area contributed by atoms with Gasteiger partial charge in [0.1, 0.15) is 23.7 Å². The molecule has 26 heavy (non-hydrogen) atoms. The number of carbonyl (C=O) groups excluding carboxylic acids is 2. The molecular weight excluding hydrogens is 362 g/mol. The molecule has 0 fully saturated rings. The van der Waals surface area contributed by atoms with E-state index in [1.54, 1.807) is 24.3 Å². The van der Waals surface area contributed by atoms with E-state index in [0.29, 0.717) is 29.6 Å². The number of esters is 1. The van der Waals surface area contributed by atoms with Crippen molar-refractivity contribution in [1.82, 2.24) is 0 Å². The Bertz CT molecular complexity index is 819. The lowest BCUT2D eigenvalue weighted by Crippen LogP contribution is -2.18. The molecule has 0 radical (unpaired) electrons. The number of carboxylic acid groups (broad SMARTS) is 1. The Morgan fingerprint density at radius 3 is 2.42 bits per heavy atom. The van der Waals surface area contributed by atoms with Crippen LogP contribution in [-0.4, -0.2) is 36.0 Å². The van der Waals surface area contributed by atoms with E-state index in [4.69, 9.17) is 21.1 Å². The molecule has 0 aliphatic carbocycles. The summed E-state index contributed by atoms with van der Waals surface area (Å²) in [6.45, 7) is 1.79. The van der Waals surface area contributed by atoms with Crippen molar-refractivity contribution in [3.8, 4) is 11.5 Å². The number of ether oxygens (including phenoxy) is 2. The third-order valence-corrected chi connectivity index (χ3v) is 3.47. The van der Waals surface area contributed by atoms with Crippen LogP contribution in [0.25, 0.3) is 0 Å². The monoisotopic (exact) mass is 377 g/mol. The zero-order valence-corrected chi connectivity index (χ0v) is 14.6. The minimum Gasteiger partial charge on any atom is -0.492 e. The van der Waals surface area contributed by atoms with Crippen LogP contribution in [0.2, 0.25) is 5.02 Å². The van der Waals surface area contributed by atoms with Gasteiger partial charge in [-0.15, -0.1) is 0 Å². The summed E-state index contributed by atoms with van der Waals surface area (Å²) in [7, 11) is 0. The second-order valence-corrected chi connectivity index (χ2v) is 5.63. The van der Waals surface area contributed by atoms with Gasteiger partial charge in [0, 0.05) is 24.2 Å². The summed E-state index contributed by atoms with van der Waals surface area (Å²) in [6.07, 6.45) is 0. The number of rotatable bonds is 8. The van der Waals surface area contributed by atoms with Gasteiger partial charge in [-0.3, -0.25) is 4.79 Å². The summed E-state index contributed by atoms with van der Waals surface area (Å²) in [5, 5.41) is 12.9. The van der Waals surface area contributed by atoms with Gasteiger partial charge in [-0.2, -0.15) is 0 Å². The number of anilines is 1. The lowest BCUT2D eigenvalue weighted by molar-refractivity contribution is -0.146. The maximum atomic E-state index is 11.3. The maximum Gasteiger partial charge on any atom is 0.379 e. The molecule has 2 N–H and O–H groups in total. The maximum absolute atomic E-state index is 11.3. The van der Waals surface area contributed by atoms with Crippen molar-refractivity contribution in [1.29, 1.82) is 0 Å². The number of carboxylic acids is 1. The topological polar surface area (TPSA) is 102 Å². The molecule has 0 saturated carbocycles. The minimum atomic E-state index is -1.28. The molecule has 0 atom stereocenters. The minimum absolute atomic E-state index is 0.194. The van der Waals surface area contributed by atoms with E-state index >= 15 is 0 Å². The SMILES string of the molecule is CC(=O)C(=O)Oc1ccc(NCCOc2ccc(Cl)cc2)cc1C(=O)O. The van der Waals surface area contributed by atoms with Gasteiger partial charge in [0.05, 0.1) is 0 Å². The summed E-state index contributed by atoms with van der Waals surface area (Å²) in [4.78, 5) is 33.6. The highest BCUT2D eigenvalue weighted by molar-refractivity contribution is 6.33. The first kappa shape index (κ1) is 19.3. The molecule has 0 aliphatic rings. The van der Waals surface area contributed by atoms with Crippen LogP contribution in [0.15, 0.2) is 42.5 Å². The van der Waals surface area contributed by atoms with Gasteiger partial charge in [0.2, 0.25) is 5.78 Å². The quantitative estimate of drug-likeness (QED) is 0.315. The van der Waals surface area contributed by atoms with Crippen molar-refractivity contribution in [2.75, 3.05) is 18.5 Å². The first-order valence-corrected chi connectivity index (χ1v) is 7.97. The Balaban J connectivity index is 1.95. The zero-order valence-electron chi connectivity index (χ0n) is 13.8. The van der Waals surface area contributed by atoms with Crippen LogP contribution < -0.4 is 14.8 Å². The standard InChI is InChI=1S/C18H16ClNO6/c1-11(21)18(24)26-16-7-4-13(10-15(16)17(22)23)20-8-9-25-14-5-2-12(19)3-6-14/h2-7,10,20H,8-9H2,1H3,(H,22,23). The highest BCUT2D eigenvalue weighted by atomic mass is 35.5. The molecule has 0 heterocycles. The van der Waals surface area contributed by atoms with Crippen LogP contribution in [0, 0.1) is 0 Å². The third kappa shape index (κ3) is 5.49. The first-order valence-electron chi connectivity index (χ1n) is 7.59. The van der Waals surface area contributed by atoms with Gasteiger partial charge in [-0.05, 0) is 42.5 Å². The number of carbonyl (C=O) groups is 3. The number of halogens is 1. The Labute approximate surface area is 154 Å². The molecule has 136 valence electrons. The number of ketones is 1. The molecule has 7 nitrogen and oxygen atoms in total. The molecule has 0 saturated heterocycles. The predicted octanol–water partition coefficient (Wildman–Crippen LogP) is 3.02. The second kappa shape index (κ2) is 8.87. The fourth-order valence-electron chi connectivity index (χ4n) is 1.96. The van der Waals surface area contributed by atoms with Crippen molar-refractivity contribution in [2.45, 2.75) is 6.92 Å². The highest BCUT2D eigenvalue weighted by Crippen LogP contribution is 2.23. The summed E-state index contributed by atoms with van der Waals surface area (Å²) in [5.74, 6) is -2.75. The first-order chi connectivity index (χ1) is 12.4. The fourth-order valence-corrected chi connectivity index (χ4v) is 2.09. The summed E-state index contributed by atoms with van der Waals surface area (Å²) in [6, 6.07) is 11.1. The molecule has 2 rings (SSSR count). The van der Waals surface area contributed by atoms with Gasteiger partial charge in [-0.1, -0.05) is 11.6 Å². The number of aromatic carboxylic acids is 1. The number of hydrogen-bond donors (Lipinski definition) is 2. The van der Waals surface area contributed by atoms with Crippen molar-refractivity contribution in [2.24, 2.45) is 0 Å². The van der Waals surface area contributed by atoms with Crippen molar-refractivity contribution in [3.63, 3.8) is 0 Å². The molecule has 2 aromatic carbocycles.